The SMILES string of the molecule is CCOc1ccc2nc(NC(=O)c3ccc(-c4nnc(-c5ccccc5)o4)cc3)sc2c1. The smallest absolute Gasteiger partial charge is 0.257 e. The molecular weight excluding hydrogens is 424 g/mol. The van der Waals surface area contributed by atoms with Crippen LogP contribution in [0.2, 0.25) is 0 Å². The number of hydrogen-bond donors (Lipinski definition) is 1. The fourth-order valence-corrected chi connectivity index (χ4v) is 4.07. The Bertz CT molecular complexity index is 1380. The van der Waals surface area contributed by atoms with E-state index in [1.54, 1.807) is 24.3 Å². The number of aromatic nitrogens is 3. The predicted molar refractivity (Wildman–Crippen MR) is 124 cm³/mol. The highest BCUT2D eigenvalue weighted by Crippen LogP contribution is 2.30. The number of benzene rings is 3. The van der Waals surface area contributed by atoms with Gasteiger partial charge in [0.1, 0.15) is 5.75 Å². The van der Waals surface area contributed by atoms with Crippen LogP contribution in [0, 0.1) is 0 Å². The number of nitrogens with one attached hydrogen (secondary N) is 1. The molecule has 0 unspecified atom stereocenters. The van der Waals surface area contributed by atoms with Crippen molar-refractivity contribution in [3.8, 4) is 28.7 Å². The van der Waals surface area contributed by atoms with Crippen LogP contribution in [0.25, 0.3) is 33.1 Å². The number of carbonyl (C=O) groups excluding carboxylic acids is 1. The van der Waals surface area contributed by atoms with Gasteiger partial charge in [-0.2, -0.15) is 0 Å². The van der Waals surface area contributed by atoms with Crippen molar-refractivity contribution in [3.05, 3.63) is 78.4 Å². The second-order valence-corrected chi connectivity index (χ2v) is 7.92. The summed E-state index contributed by atoms with van der Waals surface area (Å²) in [5, 5.41) is 11.6. The van der Waals surface area contributed by atoms with Crippen LogP contribution in [0.3, 0.4) is 0 Å². The fraction of sp³-hybridized carbons (Fsp3) is 0.0833. The maximum atomic E-state index is 12.7. The van der Waals surface area contributed by atoms with E-state index in [2.05, 4.69) is 20.5 Å². The Balaban J connectivity index is 1.30. The standard InChI is InChI=1S/C24H18N4O3S/c1-2-30-18-12-13-19-20(14-18)32-24(25-19)26-21(29)15-8-10-17(11-9-15)23-28-27-22(31-23)16-6-4-3-5-7-16/h3-14H,2H2,1H3,(H,25,26,29). The largest absolute Gasteiger partial charge is 0.494 e. The molecule has 1 amide bonds. The van der Waals surface area contributed by atoms with Crippen LogP contribution in [0.15, 0.2) is 77.2 Å². The molecule has 5 rings (SSSR count). The minimum atomic E-state index is -0.240. The van der Waals surface area contributed by atoms with Crippen LogP contribution < -0.4 is 10.1 Å². The van der Waals surface area contributed by atoms with E-state index in [0.29, 0.717) is 29.1 Å². The number of carbonyl (C=O) groups is 1. The number of rotatable bonds is 6. The van der Waals surface area contributed by atoms with Crippen molar-refractivity contribution in [2.75, 3.05) is 11.9 Å². The first-order chi connectivity index (χ1) is 15.7. The van der Waals surface area contributed by atoms with E-state index < -0.39 is 0 Å². The van der Waals surface area contributed by atoms with Crippen LogP contribution >= 0.6 is 11.3 Å². The molecule has 158 valence electrons. The van der Waals surface area contributed by atoms with Crippen molar-refractivity contribution < 1.29 is 13.9 Å². The van der Waals surface area contributed by atoms with E-state index >= 15 is 0 Å². The van der Waals surface area contributed by atoms with Crippen molar-refractivity contribution >= 4 is 32.6 Å². The van der Waals surface area contributed by atoms with Gasteiger partial charge in [-0.05, 0) is 61.5 Å². The molecular formula is C24H18N4O3S. The quantitative estimate of drug-likeness (QED) is 0.365. The van der Waals surface area contributed by atoms with E-state index in [4.69, 9.17) is 9.15 Å². The number of fused-ring (bicyclic) bond motifs is 1. The second-order valence-electron chi connectivity index (χ2n) is 6.89. The van der Waals surface area contributed by atoms with Gasteiger partial charge >= 0.3 is 0 Å². The van der Waals surface area contributed by atoms with Crippen molar-refractivity contribution in [2.45, 2.75) is 6.92 Å². The molecule has 7 nitrogen and oxygen atoms in total. The highest BCUT2D eigenvalue weighted by Gasteiger charge is 2.13. The van der Waals surface area contributed by atoms with Gasteiger partial charge < -0.3 is 9.15 Å². The molecule has 5 aromatic rings. The fourth-order valence-electron chi connectivity index (χ4n) is 3.19. The predicted octanol–water partition coefficient (Wildman–Crippen LogP) is 5.66. The van der Waals surface area contributed by atoms with Crippen LogP contribution in [-0.2, 0) is 0 Å². The number of hydrogen-bond acceptors (Lipinski definition) is 7. The van der Waals surface area contributed by atoms with Gasteiger partial charge in [-0.3, -0.25) is 10.1 Å². The summed E-state index contributed by atoms with van der Waals surface area (Å²) in [6.07, 6.45) is 0. The van der Waals surface area contributed by atoms with E-state index in [1.807, 2.05) is 55.5 Å². The molecule has 0 aliphatic carbocycles. The molecule has 0 saturated carbocycles. The average Bonchev–Trinajstić information content (AvgIpc) is 3.47. The molecule has 0 atom stereocenters. The van der Waals surface area contributed by atoms with Gasteiger partial charge in [0, 0.05) is 16.7 Å². The van der Waals surface area contributed by atoms with Gasteiger partial charge in [-0.1, -0.05) is 29.5 Å². The first kappa shape index (κ1) is 19.9. The summed E-state index contributed by atoms with van der Waals surface area (Å²) in [6.45, 7) is 2.54. The average molecular weight is 443 g/mol. The molecule has 2 heterocycles. The lowest BCUT2D eigenvalue weighted by molar-refractivity contribution is 0.102. The van der Waals surface area contributed by atoms with Crippen molar-refractivity contribution in [1.29, 1.82) is 0 Å². The number of nitrogens with zero attached hydrogens (tertiary/aromatic N) is 3. The monoisotopic (exact) mass is 442 g/mol. The third kappa shape index (κ3) is 4.08. The number of amides is 1. The lowest BCUT2D eigenvalue weighted by Gasteiger charge is -2.02. The van der Waals surface area contributed by atoms with Gasteiger partial charge in [-0.15, -0.1) is 10.2 Å². The van der Waals surface area contributed by atoms with Gasteiger partial charge in [0.15, 0.2) is 5.13 Å². The maximum Gasteiger partial charge on any atom is 0.257 e. The van der Waals surface area contributed by atoms with Gasteiger partial charge in [0.25, 0.3) is 5.91 Å². The Hall–Kier alpha value is -4.04. The van der Waals surface area contributed by atoms with Gasteiger partial charge in [0.2, 0.25) is 11.8 Å². The molecule has 1 N–H and O–H groups in total. The molecule has 0 bridgehead atoms. The van der Waals surface area contributed by atoms with E-state index in [9.17, 15) is 4.79 Å². The van der Waals surface area contributed by atoms with Crippen molar-refractivity contribution in [3.63, 3.8) is 0 Å². The lowest BCUT2D eigenvalue weighted by Crippen LogP contribution is -2.11. The Morgan fingerprint density at radius 3 is 2.41 bits per heavy atom. The molecule has 2 aromatic heterocycles. The summed E-state index contributed by atoms with van der Waals surface area (Å²) in [5.41, 5.74) is 2.91. The van der Waals surface area contributed by atoms with E-state index in [0.717, 1.165) is 27.1 Å². The van der Waals surface area contributed by atoms with Gasteiger partial charge in [0.05, 0.1) is 16.8 Å². The first-order valence-corrected chi connectivity index (χ1v) is 10.9. The Morgan fingerprint density at radius 2 is 1.69 bits per heavy atom. The Morgan fingerprint density at radius 1 is 0.969 bits per heavy atom. The molecule has 3 aromatic carbocycles. The summed E-state index contributed by atoms with van der Waals surface area (Å²) in [7, 11) is 0. The molecule has 0 radical (unpaired) electrons. The molecule has 0 spiro atoms. The van der Waals surface area contributed by atoms with Crippen LogP contribution in [0.5, 0.6) is 5.75 Å². The zero-order valence-electron chi connectivity index (χ0n) is 17.1. The first-order valence-electron chi connectivity index (χ1n) is 10.0. The summed E-state index contributed by atoms with van der Waals surface area (Å²) < 4.78 is 12.2. The summed E-state index contributed by atoms with van der Waals surface area (Å²) in [6, 6.07) is 22.3. The summed E-state index contributed by atoms with van der Waals surface area (Å²) in [4.78, 5) is 17.2. The molecule has 0 saturated heterocycles. The zero-order chi connectivity index (χ0) is 21.9. The maximum absolute atomic E-state index is 12.7. The topological polar surface area (TPSA) is 90.1 Å². The molecule has 0 aliphatic rings. The second kappa shape index (κ2) is 8.60. The molecule has 8 heteroatoms. The molecule has 32 heavy (non-hydrogen) atoms. The van der Waals surface area contributed by atoms with Crippen LogP contribution in [0.1, 0.15) is 17.3 Å². The third-order valence-electron chi connectivity index (χ3n) is 4.73. The Labute approximate surface area is 187 Å². The van der Waals surface area contributed by atoms with E-state index in [-0.39, 0.29) is 5.91 Å². The molecule has 0 fully saturated rings. The summed E-state index contributed by atoms with van der Waals surface area (Å²) in [5.74, 6) is 1.39. The third-order valence-corrected chi connectivity index (χ3v) is 5.66. The van der Waals surface area contributed by atoms with Crippen molar-refractivity contribution in [1.82, 2.24) is 15.2 Å². The number of ether oxygens (including phenoxy) is 1. The van der Waals surface area contributed by atoms with Gasteiger partial charge in [-0.25, -0.2) is 4.98 Å². The highest BCUT2D eigenvalue weighted by atomic mass is 32.1. The Kier molecular flexibility index (Phi) is 5.35. The van der Waals surface area contributed by atoms with Crippen LogP contribution in [-0.4, -0.2) is 27.7 Å². The minimum Gasteiger partial charge on any atom is -0.494 e. The highest BCUT2D eigenvalue weighted by molar-refractivity contribution is 7.22. The normalized spacial score (nSPS) is 10.9. The lowest BCUT2D eigenvalue weighted by atomic mass is 10.1. The van der Waals surface area contributed by atoms with E-state index in [1.165, 1.54) is 11.3 Å². The zero-order valence-corrected chi connectivity index (χ0v) is 17.9. The minimum absolute atomic E-state index is 0.240. The van der Waals surface area contributed by atoms with Crippen molar-refractivity contribution in [2.24, 2.45) is 0 Å². The summed E-state index contributed by atoms with van der Waals surface area (Å²) >= 11 is 1.40. The molecule has 0 aliphatic heterocycles. The number of anilines is 1. The number of thiazole rings is 1. The van der Waals surface area contributed by atoms with Crippen LogP contribution in [0.4, 0.5) is 5.13 Å².